The molecule has 0 heterocycles. The molecule has 0 spiro atoms. The van der Waals surface area contributed by atoms with E-state index in [9.17, 15) is 4.79 Å². The Kier molecular flexibility index (Phi) is 9.72. The molecule has 2 aromatic carbocycles. The number of rotatable bonds is 11. The van der Waals surface area contributed by atoms with E-state index >= 15 is 0 Å². The Balaban J connectivity index is 1.81. The maximum Gasteiger partial charge on any atom is 0.257 e. The Morgan fingerprint density at radius 1 is 1.07 bits per heavy atom. The monoisotopic (exact) mass is 412 g/mol. The molecule has 6 heteroatoms. The summed E-state index contributed by atoms with van der Waals surface area (Å²) in [6.07, 6.45) is 6.31. The summed E-state index contributed by atoms with van der Waals surface area (Å²) in [5, 5.41) is 5.88. The summed E-state index contributed by atoms with van der Waals surface area (Å²) in [7, 11) is 0. The van der Waals surface area contributed by atoms with Gasteiger partial charge in [-0.05, 0) is 55.0 Å². The molecule has 0 aliphatic carbocycles. The number of thiocarbonyl (C=S) groups is 1. The van der Waals surface area contributed by atoms with Crippen molar-refractivity contribution in [1.29, 1.82) is 0 Å². The summed E-state index contributed by atoms with van der Waals surface area (Å²) in [6.45, 7) is 6.91. The van der Waals surface area contributed by atoms with Crippen molar-refractivity contribution in [3.63, 3.8) is 0 Å². The van der Waals surface area contributed by atoms with E-state index in [2.05, 4.69) is 24.1 Å². The number of amides is 1. The molecule has 0 saturated carbocycles. The Hall–Kier alpha value is -2.86. The number of carbonyl (C=O) groups excluding carboxylic acids is 1. The van der Waals surface area contributed by atoms with Gasteiger partial charge in [0.15, 0.2) is 5.11 Å². The van der Waals surface area contributed by atoms with Gasteiger partial charge >= 0.3 is 0 Å². The smallest absolute Gasteiger partial charge is 0.257 e. The maximum absolute atomic E-state index is 12.4. The number of hydrogen-bond donors (Lipinski definition) is 2. The summed E-state index contributed by atoms with van der Waals surface area (Å²) in [4.78, 5) is 12.4. The van der Waals surface area contributed by atoms with Gasteiger partial charge in [-0.2, -0.15) is 0 Å². The zero-order valence-electron chi connectivity index (χ0n) is 16.8. The third-order valence-electron chi connectivity index (χ3n) is 4.07. The molecule has 154 valence electrons. The molecule has 2 aromatic rings. The Morgan fingerprint density at radius 3 is 2.59 bits per heavy atom. The van der Waals surface area contributed by atoms with Crippen LogP contribution in [0.2, 0.25) is 0 Å². The average molecular weight is 413 g/mol. The standard InChI is InChI=1S/C23H28N2O3S/c1-3-5-6-7-16-28-20-13-11-18(12-14-20)22(26)25-23(29)24-19-9-8-10-21(17-19)27-15-4-2/h4,8-14,17H,2-3,5-7,15-16H2,1H3,(H2,24,25,26,29). The van der Waals surface area contributed by atoms with E-state index in [4.69, 9.17) is 21.7 Å². The van der Waals surface area contributed by atoms with Gasteiger partial charge in [0.1, 0.15) is 18.1 Å². The van der Waals surface area contributed by atoms with Crippen LogP contribution in [0.1, 0.15) is 43.0 Å². The second-order valence-electron chi connectivity index (χ2n) is 6.47. The van der Waals surface area contributed by atoms with Crippen molar-refractivity contribution in [2.24, 2.45) is 0 Å². The molecule has 2 rings (SSSR count). The average Bonchev–Trinajstić information content (AvgIpc) is 2.72. The number of unbranched alkanes of at least 4 members (excludes halogenated alkanes) is 3. The number of carbonyl (C=O) groups is 1. The minimum Gasteiger partial charge on any atom is -0.494 e. The molecule has 0 bridgehead atoms. The maximum atomic E-state index is 12.4. The van der Waals surface area contributed by atoms with Crippen LogP contribution in [0.4, 0.5) is 5.69 Å². The highest BCUT2D eigenvalue weighted by atomic mass is 32.1. The third-order valence-corrected chi connectivity index (χ3v) is 4.27. The number of benzene rings is 2. The van der Waals surface area contributed by atoms with Crippen LogP contribution in [0.3, 0.4) is 0 Å². The van der Waals surface area contributed by atoms with E-state index < -0.39 is 0 Å². The highest BCUT2D eigenvalue weighted by molar-refractivity contribution is 7.80. The first kappa shape index (κ1) is 22.4. The van der Waals surface area contributed by atoms with Crippen molar-refractivity contribution in [2.45, 2.75) is 32.6 Å². The summed E-state index contributed by atoms with van der Waals surface area (Å²) in [5.74, 6) is 1.17. The van der Waals surface area contributed by atoms with E-state index in [1.807, 2.05) is 18.2 Å². The molecule has 0 fully saturated rings. The van der Waals surface area contributed by atoms with Crippen molar-refractivity contribution in [3.8, 4) is 11.5 Å². The highest BCUT2D eigenvalue weighted by Crippen LogP contribution is 2.17. The first-order valence-corrected chi connectivity index (χ1v) is 10.2. The van der Waals surface area contributed by atoms with Gasteiger partial charge in [0.05, 0.1) is 6.61 Å². The van der Waals surface area contributed by atoms with Crippen LogP contribution < -0.4 is 20.1 Å². The fourth-order valence-corrected chi connectivity index (χ4v) is 2.79. The van der Waals surface area contributed by atoms with Crippen molar-refractivity contribution in [1.82, 2.24) is 5.32 Å². The van der Waals surface area contributed by atoms with E-state index in [0.717, 1.165) is 17.9 Å². The summed E-state index contributed by atoms with van der Waals surface area (Å²) < 4.78 is 11.2. The Bertz CT molecular complexity index is 806. The van der Waals surface area contributed by atoms with Gasteiger partial charge in [-0.25, -0.2) is 0 Å². The summed E-state index contributed by atoms with van der Waals surface area (Å²) in [5.41, 5.74) is 1.24. The molecule has 2 N–H and O–H groups in total. The lowest BCUT2D eigenvalue weighted by atomic mass is 10.2. The van der Waals surface area contributed by atoms with Crippen LogP contribution in [-0.2, 0) is 0 Å². The molecule has 0 aliphatic heterocycles. The lowest BCUT2D eigenvalue weighted by Gasteiger charge is -2.11. The van der Waals surface area contributed by atoms with E-state index in [-0.39, 0.29) is 11.0 Å². The molecule has 0 aliphatic rings. The molecule has 5 nitrogen and oxygen atoms in total. The predicted molar refractivity (Wildman–Crippen MR) is 122 cm³/mol. The van der Waals surface area contributed by atoms with E-state index in [1.165, 1.54) is 19.3 Å². The van der Waals surface area contributed by atoms with Crippen LogP contribution in [0.25, 0.3) is 0 Å². The SMILES string of the molecule is C=CCOc1cccc(NC(=S)NC(=O)c2ccc(OCCCCCC)cc2)c1. The van der Waals surface area contributed by atoms with E-state index in [0.29, 0.717) is 24.5 Å². The topological polar surface area (TPSA) is 59.6 Å². The lowest BCUT2D eigenvalue weighted by Crippen LogP contribution is -2.34. The fourth-order valence-electron chi connectivity index (χ4n) is 2.58. The quantitative estimate of drug-likeness (QED) is 0.296. The van der Waals surface area contributed by atoms with Gasteiger partial charge in [-0.3, -0.25) is 10.1 Å². The Labute approximate surface area is 178 Å². The van der Waals surface area contributed by atoms with E-state index in [1.54, 1.807) is 36.4 Å². The van der Waals surface area contributed by atoms with Crippen molar-refractivity contribution in [3.05, 3.63) is 66.7 Å². The number of anilines is 1. The molecule has 0 unspecified atom stereocenters. The molecule has 0 aromatic heterocycles. The van der Waals surface area contributed by atoms with Gasteiger partial charge in [0.25, 0.3) is 5.91 Å². The van der Waals surface area contributed by atoms with Crippen LogP contribution >= 0.6 is 12.2 Å². The minimum atomic E-state index is -0.281. The number of nitrogens with one attached hydrogen (secondary N) is 2. The highest BCUT2D eigenvalue weighted by Gasteiger charge is 2.09. The molecular formula is C23H28N2O3S. The van der Waals surface area contributed by atoms with Gasteiger partial charge < -0.3 is 14.8 Å². The number of ether oxygens (including phenoxy) is 2. The Morgan fingerprint density at radius 2 is 1.86 bits per heavy atom. The molecule has 0 saturated heterocycles. The second kappa shape index (κ2) is 12.6. The first-order valence-electron chi connectivity index (χ1n) is 9.81. The van der Waals surface area contributed by atoms with Crippen LogP contribution in [0.5, 0.6) is 11.5 Å². The van der Waals surface area contributed by atoms with Gasteiger partial charge in [0.2, 0.25) is 0 Å². The molecule has 1 amide bonds. The predicted octanol–water partition coefficient (Wildman–Crippen LogP) is 5.34. The van der Waals surface area contributed by atoms with Gasteiger partial charge in [0, 0.05) is 17.3 Å². The van der Waals surface area contributed by atoms with Crippen LogP contribution in [-0.4, -0.2) is 24.2 Å². The van der Waals surface area contributed by atoms with Crippen molar-refractivity contribution < 1.29 is 14.3 Å². The van der Waals surface area contributed by atoms with Gasteiger partial charge in [-0.15, -0.1) is 0 Å². The molecular weight excluding hydrogens is 384 g/mol. The zero-order valence-corrected chi connectivity index (χ0v) is 17.6. The first-order chi connectivity index (χ1) is 14.1. The zero-order chi connectivity index (χ0) is 20.9. The van der Waals surface area contributed by atoms with Crippen molar-refractivity contribution in [2.75, 3.05) is 18.5 Å². The largest absolute Gasteiger partial charge is 0.494 e. The van der Waals surface area contributed by atoms with Crippen molar-refractivity contribution >= 4 is 28.9 Å². The fraction of sp³-hybridized carbons (Fsp3) is 0.304. The molecule has 29 heavy (non-hydrogen) atoms. The summed E-state index contributed by atoms with van der Waals surface area (Å²) in [6, 6.07) is 14.4. The molecule has 0 radical (unpaired) electrons. The van der Waals surface area contributed by atoms with Crippen LogP contribution in [0, 0.1) is 0 Å². The molecule has 0 atom stereocenters. The number of hydrogen-bond acceptors (Lipinski definition) is 4. The third kappa shape index (κ3) is 8.35. The summed E-state index contributed by atoms with van der Waals surface area (Å²) >= 11 is 5.24. The van der Waals surface area contributed by atoms with Gasteiger partial charge in [-0.1, -0.05) is 44.9 Å². The van der Waals surface area contributed by atoms with Crippen LogP contribution in [0.15, 0.2) is 61.2 Å². The normalized spacial score (nSPS) is 10.1. The lowest BCUT2D eigenvalue weighted by molar-refractivity contribution is 0.0977. The second-order valence-corrected chi connectivity index (χ2v) is 6.88. The minimum absolute atomic E-state index is 0.215.